The standard InChI is InChI=1S/C11H13NO3/c1-8-11(15-7-12-8)10(2-4-13)9-3-5-14-6-9/h3,5-7,10,13H,2,4H2,1H3. The third-order valence-corrected chi connectivity index (χ3v) is 2.46. The van der Waals surface area contributed by atoms with Crippen LogP contribution in [-0.2, 0) is 0 Å². The molecular weight excluding hydrogens is 194 g/mol. The number of oxazole rings is 1. The summed E-state index contributed by atoms with van der Waals surface area (Å²) in [5.74, 6) is 0.821. The van der Waals surface area contributed by atoms with E-state index in [1.165, 1.54) is 6.39 Å². The Morgan fingerprint density at radius 2 is 2.40 bits per heavy atom. The van der Waals surface area contributed by atoms with Crippen LogP contribution in [-0.4, -0.2) is 16.7 Å². The zero-order valence-corrected chi connectivity index (χ0v) is 8.51. The molecule has 0 aromatic carbocycles. The van der Waals surface area contributed by atoms with E-state index in [0.717, 1.165) is 17.0 Å². The second-order valence-corrected chi connectivity index (χ2v) is 3.42. The highest BCUT2D eigenvalue weighted by Gasteiger charge is 2.20. The number of nitrogens with zero attached hydrogens (tertiary/aromatic N) is 1. The van der Waals surface area contributed by atoms with Crippen LogP contribution in [0, 0.1) is 6.92 Å². The molecule has 0 aliphatic heterocycles. The summed E-state index contributed by atoms with van der Waals surface area (Å²) in [7, 11) is 0. The van der Waals surface area contributed by atoms with Crippen LogP contribution in [0.1, 0.15) is 29.4 Å². The summed E-state index contributed by atoms with van der Waals surface area (Å²) in [5.41, 5.74) is 1.86. The number of hydrogen-bond donors (Lipinski definition) is 1. The van der Waals surface area contributed by atoms with Crippen LogP contribution in [0.15, 0.2) is 33.8 Å². The molecule has 0 aliphatic carbocycles. The Balaban J connectivity index is 2.32. The van der Waals surface area contributed by atoms with Gasteiger partial charge in [0.15, 0.2) is 6.39 Å². The molecule has 0 saturated carbocycles. The minimum atomic E-state index is 0.0243. The molecule has 1 unspecified atom stereocenters. The number of furan rings is 1. The zero-order valence-electron chi connectivity index (χ0n) is 8.51. The van der Waals surface area contributed by atoms with Gasteiger partial charge in [-0.2, -0.15) is 0 Å². The number of hydrogen-bond acceptors (Lipinski definition) is 4. The minimum absolute atomic E-state index is 0.0243. The summed E-state index contributed by atoms with van der Waals surface area (Å²) in [6, 6.07) is 1.88. The number of aliphatic hydroxyl groups excluding tert-OH is 1. The summed E-state index contributed by atoms with van der Waals surface area (Å²) in [6.07, 6.45) is 5.32. The number of aryl methyl sites for hydroxylation is 1. The molecule has 0 bridgehead atoms. The highest BCUT2D eigenvalue weighted by atomic mass is 16.3. The molecule has 2 heterocycles. The fraction of sp³-hybridized carbons (Fsp3) is 0.364. The Labute approximate surface area is 87.6 Å². The Kier molecular flexibility index (Phi) is 2.87. The molecule has 1 N–H and O–H groups in total. The summed E-state index contributed by atoms with van der Waals surface area (Å²) in [6.45, 7) is 2.00. The molecule has 1 atom stereocenters. The third kappa shape index (κ3) is 1.94. The number of rotatable bonds is 4. The van der Waals surface area contributed by atoms with Crippen molar-refractivity contribution >= 4 is 0 Å². The van der Waals surface area contributed by atoms with Crippen LogP contribution in [0.5, 0.6) is 0 Å². The Bertz CT molecular complexity index is 405. The van der Waals surface area contributed by atoms with Gasteiger partial charge < -0.3 is 13.9 Å². The van der Waals surface area contributed by atoms with Crippen LogP contribution in [0.3, 0.4) is 0 Å². The molecule has 0 aliphatic rings. The van der Waals surface area contributed by atoms with E-state index >= 15 is 0 Å². The largest absolute Gasteiger partial charge is 0.472 e. The van der Waals surface area contributed by atoms with E-state index in [9.17, 15) is 0 Å². The fourth-order valence-electron chi connectivity index (χ4n) is 1.70. The van der Waals surface area contributed by atoms with E-state index < -0.39 is 0 Å². The smallest absolute Gasteiger partial charge is 0.181 e. The van der Waals surface area contributed by atoms with Crippen molar-refractivity contribution in [2.75, 3.05) is 6.61 Å². The number of aliphatic hydroxyl groups is 1. The summed E-state index contributed by atoms with van der Waals surface area (Å²) >= 11 is 0. The minimum Gasteiger partial charge on any atom is -0.472 e. The van der Waals surface area contributed by atoms with Gasteiger partial charge >= 0.3 is 0 Å². The molecule has 80 valence electrons. The lowest BCUT2D eigenvalue weighted by Gasteiger charge is -2.11. The molecule has 15 heavy (non-hydrogen) atoms. The molecule has 0 amide bonds. The molecule has 0 saturated heterocycles. The molecule has 0 spiro atoms. The third-order valence-electron chi connectivity index (χ3n) is 2.46. The first kappa shape index (κ1) is 9.98. The maximum atomic E-state index is 9.03. The lowest BCUT2D eigenvalue weighted by atomic mass is 9.95. The first-order chi connectivity index (χ1) is 7.33. The van der Waals surface area contributed by atoms with Crippen molar-refractivity contribution < 1.29 is 13.9 Å². The first-order valence-corrected chi connectivity index (χ1v) is 4.86. The van der Waals surface area contributed by atoms with Gasteiger partial charge in [-0.05, 0) is 19.4 Å². The molecule has 2 rings (SSSR count). The van der Waals surface area contributed by atoms with Gasteiger partial charge in [0.05, 0.1) is 18.2 Å². The van der Waals surface area contributed by atoms with Crippen molar-refractivity contribution in [3.63, 3.8) is 0 Å². The lowest BCUT2D eigenvalue weighted by Crippen LogP contribution is -2.03. The van der Waals surface area contributed by atoms with Gasteiger partial charge in [0, 0.05) is 18.1 Å². The monoisotopic (exact) mass is 207 g/mol. The first-order valence-electron chi connectivity index (χ1n) is 4.86. The van der Waals surface area contributed by atoms with E-state index in [1.54, 1.807) is 12.5 Å². The van der Waals surface area contributed by atoms with Gasteiger partial charge in [0.2, 0.25) is 0 Å². The predicted octanol–water partition coefficient (Wildman–Crippen LogP) is 2.09. The van der Waals surface area contributed by atoms with Crippen LogP contribution in [0.4, 0.5) is 0 Å². The normalized spacial score (nSPS) is 12.9. The number of aromatic nitrogens is 1. The second-order valence-electron chi connectivity index (χ2n) is 3.42. The average molecular weight is 207 g/mol. The van der Waals surface area contributed by atoms with Crippen molar-refractivity contribution in [3.05, 3.63) is 42.0 Å². The summed E-state index contributed by atoms with van der Waals surface area (Å²) in [5, 5.41) is 9.03. The average Bonchev–Trinajstić information content (AvgIpc) is 2.85. The molecule has 2 aromatic rings. The highest BCUT2D eigenvalue weighted by molar-refractivity contribution is 5.25. The Morgan fingerprint density at radius 3 is 2.93 bits per heavy atom. The maximum absolute atomic E-state index is 9.03. The molecular formula is C11H13NO3. The van der Waals surface area contributed by atoms with Gasteiger partial charge in [-0.15, -0.1) is 0 Å². The predicted molar refractivity (Wildman–Crippen MR) is 53.5 cm³/mol. The second kappa shape index (κ2) is 4.31. The molecule has 0 fully saturated rings. The van der Waals surface area contributed by atoms with Crippen molar-refractivity contribution in [1.82, 2.24) is 4.98 Å². The van der Waals surface area contributed by atoms with Crippen molar-refractivity contribution in [1.29, 1.82) is 0 Å². The van der Waals surface area contributed by atoms with Gasteiger partial charge in [-0.25, -0.2) is 4.98 Å². The van der Waals surface area contributed by atoms with Crippen molar-refractivity contribution in [3.8, 4) is 0 Å². The summed E-state index contributed by atoms with van der Waals surface area (Å²) in [4.78, 5) is 4.05. The van der Waals surface area contributed by atoms with Gasteiger partial charge in [-0.3, -0.25) is 0 Å². The van der Waals surface area contributed by atoms with E-state index in [-0.39, 0.29) is 12.5 Å². The molecule has 0 radical (unpaired) electrons. The van der Waals surface area contributed by atoms with Crippen LogP contribution < -0.4 is 0 Å². The highest BCUT2D eigenvalue weighted by Crippen LogP contribution is 2.29. The van der Waals surface area contributed by atoms with E-state index in [1.807, 2.05) is 13.0 Å². The van der Waals surface area contributed by atoms with E-state index in [2.05, 4.69) is 4.98 Å². The quantitative estimate of drug-likeness (QED) is 0.833. The summed E-state index contributed by atoms with van der Waals surface area (Å²) < 4.78 is 10.4. The van der Waals surface area contributed by atoms with E-state index in [4.69, 9.17) is 13.9 Å². The van der Waals surface area contributed by atoms with Gasteiger partial charge in [0.25, 0.3) is 0 Å². The zero-order chi connectivity index (χ0) is 10.7. The van der Waals surface area contributed by atoms with Crippen LogP contribution >= 0.6 is 0 Å². The molecule has 4 heteroatoms. The van der Waals surface area contributed by atoms with Crippen molar-refractivity contribution in [2.24, 2.45) is 0 Å². The SMILES string of the molecule is Cc1ncoc1C(CCO)c1ccoc1. The van der Waals surface area contributed by atoms with Crippen LogP contribution in [0.25, 0.3) is 0 Å². The lowest BCUT2D eigenvalue weighted by molar-refractivity contribution is 0.275. The van der Waals surface area contributed by atoms with Crippen molar-refractivity contribution in [2.45, 2.75) is 19.3 Å². The Morgan fingerprint density at radius 1 is 1.53 bits per heavy atom. The Hall–Kier alpha value is -1.55. The maximum Gasteiger partial charge on any atom is 0.181 e. The van der Waals surface area contributed by atoms with E-state index in [0.29, 0.717) is 6.42 Å². The van der Waals surface area contributed by atoms with Gasteiger partial charge in [0.1, 0.15) is 5.76 Å². The van der Waals surface area contributed by atoms with Crippen LogP contribution in [0.2, 0.25) is 0 Å². The van der Waals surface area contributed by atoms with Gasteiger partial charge in [-0.1, -0.05) is 0 Å². The molecule has 4 nitrogen and oxygen atoms in total. The topological polar surface area (TPSA) is 59.4 Å². The molecule has 2 aromatic heterocycles. The fourth-order valence-corrected chi connectivity index (χ4v) is 1.70.